The maximum atomic E-state index is 2.52. The Morgan fingerprint density at radius 3 is 1.18 bits per heavy atom. The molecule has 0 saturated heterocycles. The van der Waals surface area contributed by atoms with Gasteiger partial charge in [-0.3, -0.25) is 0 Å². The van der Waals surface area contributed by atoms with E-state index in [0.29, 0.717) is 17.8 Å². The van der Waals surface area contributed by atoms with Gasteiger partial charge in [0.25, 0.3) is 0 Å². The highest BCUT2D eigenvalue weighted by Crippen LogP contribution is 2.60. The van der Waals surface area contributed by atoms with Crippen LogP contribution in [0.5, 0.6) is 0 Å². The molecule has 0 heterocycles. The van der Waals surface area contributed by atoms with Gasteiger partial charge in [0.05, 0.1) is 10.8 Å². The fraction of sp³-hybridized carbons (Fsp3) is 0.167. The summed E-state index contributed by atoms with van der Waals surface area (Å²) in [7, 11) is 0. The predicted octanol–water partition coefficient (Wildman–Crippen LogP) is 19.2. The molecule has 0 saturated carbocycles. The van der Waals surface area contributed by atoms with E-state index in [9.17, 15) is 0 Å². The van der Waals surface area contributed by atoms with E-state index in [1.165, 1.54) is 100 Å². The molecule has 10 aromatic rings. The van der Waals surface area contributed by atoms with Crippen LogP contribution in [-0.4, -0.2) is 0 Å². The average molecular weight is 942 g/mol. The van der Waals surface area contributed by atoms with Crippen LogP contribution in [0, 0.1) is 6.92 Å². The highest BCUT2D eigenvalue weighted by molar-refractivity contribution is 5.92. The van der Waals surface area contributed by atoms with E-state index in [4.69, 9.17) is 0 Å². The zero-order chi connectivity index (χ0) is 50.0. The summed E-state index contributed by atoms with van der Waals surface area (Å²) in [6.07, 6.45) is 0. The summed E-state index contributed by atoms with van der Waals surface area (Å²) in [4.78, 5) is 2.51. The SMILES string of the molecule is Cc1ccc(-c2ccc(N(c3ccc4c(c3)C(c3ccc(C(C)C)cc3)(c3ccc(C(C)C)cc3)c3ccccc3-4)c3ccc4c(c3)C(c3ccccc3)(c3cccc(C(C)C)c3)c3ccccc3-4)cc2)cc1. The number of hydrogen-bond donors (Lipinski definition) is 0. The molecule has 0 aliphatic heterocycles. The fourth-order valence-corrected chi connectivity index (χ4v) is 12.4. The lowest BCUT2D eigenvalue weighted by Crippen LogP contribution is -2.29. The van der Waals surface area contributed by atoms with Gasteiger partial charge in [-0.25, -0.2) is 0 Å². The van der Waals surface area contributed by atoms with Gasteiger partial charge in [0, 0.05) is 17.1 Å². The van der Waals surface area contributed by atoms with E-state index in [0.717, 1.165) is 17.1 Å². The number of aryl methyl sites for hydroxylation is 1. The quantitative estimate of drug-likeness (QED) is 0.125. The van der Waals surface area contributed by atoms with Crippen molar-refractivity contribution in [2.24, 2.45) is 0 Å². The highest BCUT2D eigenvalue weighted by Gasteiger charge is 2.48. The lowest BCUT2D eigenvalue weighted by Gasteiger charge is -2.36. The maximum absolute atomic E-state index is 2.52. The Hall–Kier alpha value is -8.00. The van der Waals surface area contributed by atoms with Crippen LogP contribution in [0.15, 0.2) is 237 Å². The van der Waals surface area contributed by atoms with E-state index in [1.54, 1.807) is 0 Å². The average Bonchev–Trinajstić information content (AvgIpc) is 3.89. The standard InChI is InChI=1S/C72H63N/c1-47(2)51-28-34-57(35-29-51)71(58-36-30-52(31-37-58)48(3)4)67-22-13-11-20-63(67)65-42-40-61(45-69(65)71)73(60-38-32-54(33-39-60)53-26-24-50(7)25-27-53)62-41-43-66-64-21-12-14-23-68(64)72(70(66)46-62,56-17-9-8-10-18-56)59-19-15-16-55(44-59)49(5)6/h8-49H,1-7H3. The van der Waals surface area contributed by atoms with Crippen molar-refractivity contribution in [2.45, 2.75) is 77.0 Å². The van der Waals surface area contributed by atoms with Gasteiger partial charge in [0.1, 0.15) is 0 Å². The predicted molar refractivity (Wildman–Crippen MR) is 308 cm³/mol. The number of nitrogens with zero attached hydrogens (tertiary/aromatic N) is 1. The maximum Gasteiger partial charge on any atom is 0.0714 e. The van der Waals surface area contributed by atoms with E-state index < -0.39 is 10.8 Å². The summed E-state index contributed by atoms with van der Waals surface area (Å²) in [5, 5.41) is 0. The van der Waals surface area contributed by atoms with Gasteiger partial charge >= 0.3 is 0 Å². The molecule has 10 aromatic carbocycles. The number of benzene rings is 10. The zero-order valence-corrected chi connectivity index (χ0v) is 43.2. The Morgan fingerprint density at radius 1 is 0.288 bits per heavy atom. The van der Waals surface area contributed by atoms with E-state index in [1.807, 2.05) is 0 Å². The normalized spacial score (nSPS) is 15.0. The minimum atomic E-state index is -0.572. The van der Waals surface area contributed by atoms with Gasteiger partial charge in [-0.15, -0.1) is 0 Å². The lowest BCUT2D eigenvalue weighted by atomic mass is 9.67. The topological polar surface area (TPSA) is 3.24 Å². The summed E-state index contributed by atoms with van der Waals surface area (Å²) in [6.45, 7) is 15.9. The Kier molecular flexibility index (Phi) is 11.5. The molecular weight excluding hydrogens is 879 g/mol. The van der Waals surface area contributed by atoms with Crippen LogP contribution in [0.4, 0.5) is 17.1 Å². The summed E-state index contributed by atoms with van der Waals surface area (Å²) in [6, 6.07) is 90.6. The van der Waals surface area contributed by atoms with Crippen molar-refractivity contribution in [1.29, 1.82) is 0 Å². The number of fused-ring (bicyclic) bond motifs is 6. The minimum absolute atomic E-state index is 0.382. The second-order valence-corrected chi connectivity index (χ2v) is 21.5. The monoisotopic (exact) mass is 941 g/mol. The highest BCUT2D eigenvalue weighted by atomic mass is 15.1. The first-order chi connectivity index (χ1) is 35.6. The van der Waals surface area contributed by atoms with Gasteiger partial charge in [-0.2, -0.15) is 0 Å². The molecule has 1 unspecified atom stereocenters. The third kappa shape index (κ3) is 7.43. The molecule has 0 fully saturated rings. The van der Waals surface area contributed by atoms with Gasteiger partial charge in [0.15, 0.2) is 0 Å². The number of anilines is 3. The molecule has 2 aliphatic rings. The fourth-order valence-electron chi connectivity index (χ4n) is 12.4. The van der Waals surface area contributed by atoms with Crippen molar-refractivity contribution in [3.63, 3.8) is 0 Å². The van der Waals surface area contributed by atoms with Crippen molar-refractivity contribution in [2.75, 3.05) is 4.90 Å². The third-order valence-corrected chi connectivity index (χ3v) is 16.3. The zero-order valence-electron chi connectivity index (χ0n) is 43.2. The van der Waals surface area contributed by atoms with Crippen LogP contribution in [-0.2, 0) is 10.8 Å². The molecule has 12 rings (SSSR count). The first-order valence-electron chi connectivity index (χ1n) is 26.4. The molecule has 0 N–H and O–H groups in total. The van der Waals surface area contributed by atoms with Crippen molar-refractivity contribution in [3.05, 3.63) is 303 Å². The third-order valence-electron chi connectivity index (χ3n) is 16.3. The number of rotatable bonds is 11. The molecule has 0 aromatic heterocycles. The van der Waals surface area contributed by atoms with Crippen LogP contribution in [0.25, 0.3) is 33.4 Å². The molecule has 0 spiro atoms. The Bertz CT molecular complexity index is 3580. The van der Waals surface area contributed by atoms with E-state index in [2.05, 4.69) is 290 Å². The summed E-state index contributed by atoms with van der Waals surface area (Å²) < 4.78 is 0. The molecule has 2 aliphatic carbocycles. The molecule has 0 amide bonds. The molecule has 0 bridgehead atoms. The van der Waals surface area contributed by atoms with E-state index in [-0.39, 0.29) is 0 Å². The van der Waals surface area contributed by atoms with Crippen LogP contribution < -0.4 is 4.90 Å². The first-order valence-corrected chi connectivity index (χ1v) is 26.4. The van der Waals surface area contributed by atoms with Crippen LogP contribution in [0.1, 0.15) is 126 Å². The Morgan fingerprint density at radius 2 is 0.685 bits per heavy atom. The minimum Gasteiger partial charge on any atom is -0.310 e. The smallest absolute Gasteiger partial charge is 0.0714 e. The van der Waals surface area contributed by atoms with Crippen molar-refractivity contribution in [3.8, 4) is 33.4 Å². The van der Waals surface area contributed by atoms with Crippen molar-refractivity contribution < 1.29 is 0 Å². The Labute approximate surface area is 433 Å². The van der Waals surface area contributed by atoms with Gasteiger partial charge in [-0.1, -0.05) is 247 Å². The van der Waals surface area contributed by atoms with Crippen LogP contribution >= 0.6 is 0 Å². The molecule has 1 atom stereocenters. The van der Waals surface area contributed by atoms with Crippen LogP contribution in [0.3, 0.4) is 0 Å². The Balaban J connectivity index is 1.13. The molecule has 1 nitrogen and oxygen atoms in total. The summed E-state index contributed by atoms with van der Waals surface area (Å²) in [5.74, 6) is 1.24. The number of hydrogen-bond acceptors (Lipinski definition) is 1. The largest absolute Gasteiger partial charge is 0.310 e. The summed E-state index contributed by atoms with van der Waals surface area (Å²) in [5.41, 5.74) is 25.3. The van der Waals surface area contributed by atoms with Gasteiger partial charge < -0.3 is 4.90 Å². The van der Waals surface area contributed by atoms with E-state index >= 15 is 0 Å². The van der Waals surface area contributed by atoms with Crippen LogP contribution in [0.2, 0.25) is 0 Å². The molecule has 73 heavy (non-hydrogen) atoms. The molecular formula is C72H63N. The summed E-state index contributed by atoms with van der Waals surface area (Å²) >= 11 is 0. The second kappa shape index (κ2) is 18.2. The van der Waals surface area contributed by atoms with Gasteiger partial charge in [-0.05, 0) is 156 Å². The van der Waals surface area contributed by atoms with Crippen molar-refractivity contribution >= 4 is 17.1 Å². The molecule has 1 heteroatoms. The second-order valence-electron chi connectivity index (χ2n) is 21.5. The first kappa shape index (κ1) is 46.1. The molecule has 356 valence electrons. The molecule has 0 radical (unpaired) electrons. The van der Waals surface area contributed by atoms with Crippen molar-refractivity contribution in [1.82, 2.24) is 0 Å². The lowest BCUT2D eigenvalue weighted by molar-refractivity contribution is 0.760. The van der Waals surface area contributed by atoms with Gasteiger partial charge in [0.2, 0.25) is 0 Å².